The van der Waals surface area contributed by atoms with Crippen LogP contribution >= 0.6 is 27.5 Å². The SMILES string of the molecule is Cc1ccc(N2C(=O)NC(=O)/C(=C\c3ccc(OCC(N)=O)c(Br)c3)C2=O)cc1Cl. The number of nitrogens with two attached hydrogens (primary N) is 1. The summed E-state index contributed by atoms with van der Waals surface area (Å²) < 4.78 is 5.73. The summed E-state index contributed by atoms with van der Waals surface area (Å²) in [6.07, 6.45) is 1.34. The Morgan fingerprint density at radius 3 is 2.60 bits per heavy atom. The third-order valence-corrected chi connectivity index (χ3v) is 5.18. The van der Waals surface area contributed by atoms with Gasteiger partial charge in [-0.1, -0.05) is 23.7 Å². The van der Waals surface area contributed by atoms with Gasteiger partial charge in [-0.2, -0.15) is 0 Å². The minimum atomic E-state index is -0.863. The number of primary amides is 1. The average Bonchev–Trinajstić information content (AvgIpc) is 2.67. The van der Waals surface area contributed by atoms with Gasteiger partial charge in [0.15, 0.2) is 6.61 Å². The van der Waals surface area contributed by atoms with E-state index in [4.69, 9.17) is 22.1 Å². The first-order valence-electron chi connectivity index (χ1n) is 8.55. The lowest BCUT2D eigenvalue weighted by Crippen LogP contribution is -2.54. The second-order valence-corrected chi connectivity index (χ2v) is 7.60. The summed E-state index contributed by atoms with van der Waals surface area (Å²) in [5.74, 6) is -1.86. The minimum Gasteiger partial charge on any atom is -0.483 e. The molecule has 1 aliphatic rings. The van der Waals surface area contributed by atoms with Gasteiger partial charge in [-0.15, -0.1) is 0 Å². The van der Waals surface area contributed by atoms with E-state index in [1.807, 2.05) is 0 Å². The first-order chi connectivity index (χ1) is 14.2. The molecule has 1 saturated heterocycles. The number of hydrogen-bond acceptors (Lipinski definition) is 5. The van der Waals surface area contributed by atoms with Crippen molar-refractivity contribution in [3.8, 4) is 5.75 Å². The Bertz CT molecular complexity index is 1120. The Kier molecular flexibility index (Phi) is 6.23. The Morgan fingerprint density at radius 1 is 1.23 bits per heavy atom. The summed E-state index contributed by atoms with van der Waals surface area (Å²) in [4.78, 5) is 49.2. The van der Waals surface area contributed by atoms with Gasteiger partial charge in [-0.05, 0) is 64.3 Å². The topological polar surface area (TPSA) is 119 Å². The van der Waals surface area contributed by atoms with Crippen LogP contribution in [0.15, 0.2) is 46.4 Å². The van der Waals surface area contributed by atoms with Crippen LogP contribution in [0.1, 0.15) is 11.1 Å². The van der Waals surface area contributed by atoms with Gasteiger partial charge in [0.1, 0.15) is 11.3 Å². The smallest absolute Gasteiger partial charge is 0.335 e. The number of barbiturate groups is 1. The molecule has 2 aromatic carbocycles. The number of halogens is 2. The molecule has 0 bridgehead atoms. The van der Waals surface area contributed by atoms with Crippen molar-refractivity contribution in [3.63, 3.8) is 0 Å². The molecule has 0 saturated carbocycles. The van der Waals surface area contributed by atoms with Crippen LogP contribution in [-0.2, 0) is 14.4 Å². The molecule has 2 aromatic rings. The first-order valence-corrected chi connectivity index (χ1v) is 9.72. The van der Waals surface area contributed by atoms with Crippen molar-refractivity contribution in [1.82, 2.24) is 5.32 Å². The molecule has 0 spiro atoms. The van der Waals surface area contributed by atoms with E-state index < -0.39 is 23.8 Å². The van der Waals surface area contributed by atoms with Gasteiger partial charge in [0.25, 0.3) is 17.7 Å². The lowest BCUT2D eigenvalue weighted by molar-refractivity contribution is -0.123. The van der Waals surface area contributed by atoms with Crippen molar-refractivity contribution < 1.29 is 23.9 Å². The van der Waals surface area contributed by atoms with Crippen LogP contribution in [0.2, 0.25) is 5.02 Å². The highest BCUT2D eigenvalue weighted by Crippen LogP contribution is 2.29. The lowest BCUT2D eigenvalue weighted by atomic mass is 10.1. The Hall–Kier alpha value is -3.17. The van der Waals surface area contributed by atoms with Crippen molar-refractivity contribution >= 4 is 63.0 Å². The number of amides is 5. The molecule has 3 rings (SSSR count). The number of carbonyl (C=O) groups excluding carboxylic acids is 4. The van der Waals surface area contributed by atoms with Gasteiger partial charge in [0.05, 0.1) is 10.2 Å². The molecule has 10 heteroatoms. The standard InChI is InChI=1S/C20H15BrClN3O5/c1-10-2-4-12(8-15(10)22)25-19(28)13(18(27)24-20(25)29)6-11-3-5-16(14(21)7-11)30-9-17(23)26/h2-8H,9H2,1H3,(H2,23,26)(H,24,27,29)/b13-6+. The summed E-state index contributed by atoms with van der Waals surface area (Å²) in [5.41, 5.74) is 6.33. The fourth-order valence-electron chi connectivity index (χ4n) is 2.65. The van der Waals surface area contributed by atoms with Crippen LogP contribution in [0.3, 0.4) is 0 Å². The number of imide groups is 2. The molecule has 1 fully saturated rings. The molecule has 1 heterocycles. The summed E-state index contributed by atoms with van der Waals surface area (Å²) in [6, 6.07) is 8.56. The van der Waals surface area contributed by atoms with E-state index in [0.717, 1.165) is 10.5 Å². The second-order valence-electron chi connectivity index (χ2n) is 6.34. The number of hydrogen-bond donors (Lipinski definition) is 2. The van der Waals surface area contributed by atoms with Crippen molar-refractivity contribution in [2.75, 3.05) is 11.5 Å². The van der Waals surface area contributed by atoms with E-state index in [9.17, 15) is 19.2 Å². The molecule has 0 atom stereocenters. The Morgan fingerprint density at radius 2 is 1.97 bits per heavy atom. The molecule has 1 aliphatic heterocycles. The van der Waals surface area contributed by atoms with Crippen molar-refractivity contribution in [3.05, 3.63) is 62.6 Å². The Labute approximate surface area is 184 Å². The van der Waals surface area contributed by atoms with E-state index in [2.05, 4.69) is 21.2 Å². The van der Waals surface area contributed by atoms with E-state index in [0.29, 0.717) is 20.8 Å². The van der Waals surface area contributed by atoms with E-state index in [1.165, 1.54) is 12.1 Å². The fourth-order valence-corrected chi connectivity index (χ4v) is 3.34. The monoisotopic (exact) mass is 491 g/mol. The number of ether oxygens (including phenoxy) is 1. The summed E-state index contributed by atoms with van der Waals surface area (Å²) >= 11 is 9.40. The predicted molar refractivity (Wildman–Crippen MR) is 114 cm³/mol. The van der Waals surface area contributed by atoms with Gasteiger partial charge < -0.3 is 10.5 Å². The maximum atomic E-state index is 12.9. The molecule has 0 aromatic heterocycles. The average molecular weight is 493 g/mol. The van der Waals surface area contributed by atoms with E-state index in [1.54, 1.807) is 37.3 Å². The first kappa shape index (κ1) is 21.5. The van der Waals surface area contributed by atoms with Crippen LogP contribution in [0.25, 0.3) is 6.08 Å². The van der Waals surface area contributed by atoms with Crippen LogP contribution in [0.4, 0.5) is 10.5 Å². The maximum absolute atomic E-state index is 12.9. The van der Waals surface area contributed by atoms with Crippen molar-refractivity contribution in [2.24, 2.45) is 5.73 Å². The minimum absolute atomic E-state index is 0.232. The largest absolute Gasteiger partial charge is 0.483 e. The van der Waals surface area contributed by atoms with Crippen molar-refractivity contribution in [2.45, 2.75) is 6.92 Å². The molecule has 154 valence electrons. The molecule has 5 amide bonds. The zero-order valence-electron chi connectivity index (χ0n) is 15.6. The molecule has 8 nitrogen and oxygen atoms in total. The number of urea groups is 1. The van der Waals surface area contributed by atoms with Crippen LogP contribution in [-0.4, -0.2) is 30.4 Å². The quantitative estimate of drug-likeness (QED) is 0.491. The zero-order valence-corrected chi connectivity index (χ0v) is 17.9. The molecule has 0 radical (unpaired) electrons. The highest BCUT2D eigenvalue weighted by molar-refractivity contribution is 9.10. The highest BCUT2D eigenvalue weighted by atomic mass is 79.9. The summed E-state index contributed by atoms with van der Waals surface area (Å²) in [7, 11) is 0. The second kappa shape index (κ2) is 8.68. The zero-order chi connectivity index (χ0) is 22.0. The lowest BCUT2D eigenvalue weighted by Gasteiger charge is -2.26. The fraction of sp³-hybridized carbons (Fsp3) is 0.100. The van der Waals surface area contributed by atoms with Gasteiger partial charge in [0.2, 0.25) is 0 Å². The summed E-state index contributed by atoms with van der Waals surface area (Å²) in [6.45, 7) is 1.49. The van der Waals surface area contributed by atoms with Gasteiger partial charge in [0, 0.05) is 5.02 Å². The molecule has 0 unspecified atom stereocenters. The van der Waals surface area contributed by atoms with Crippen LogP contribution in [0.5, 0.6) is 5.75 Å². The number of rotatable bonds is 5. The van der Waals surface area contributed by atoms with Crippen molar-refractivity contribution in [1.29, 1.82) is 0 Å². The normalized spacial score (nSPS) is 15.4. The summed E-state index contributed by atoms with van der Waals surface area (Å²) in [5, 5.41) is 2.53. The third kappa shape index (κ3) is 4.52. The predicted octanol–water partition coefficient (Wildman–Crippen LogP) is 2.94. The molecule has 30 heavy (non-hydrogen) atoms. The van der Waals surface area contributed by atoms with E-state index in [-0.39, 0.29) is 17.9 Å². The number of benzene rings is 2. The number of nitrogens with zero attached hydrogens (tertiary/aromatic N) is 1. The number of aryl methyl sites for hydroxylation is 1. The highest BCUT2D eigenvalue weighted by Gasteiger charge is 2.37. The molecule has 3 N–H and O–H groups in total. The molecular formula is C20H15BrClN3O5. The third-order valence-electron chi connectivity index (χ3n) is 4.15. The number of nitrogens with one attached hydrogen (secondary N) is 1. The van der Waals surface area contributed by atoms with Gasteiger partial charge >= 0.3 is 6.03 Å². The van der Waals surface area contributed by atoms with E-state index >= 15 is 0 Å². The molecular weight excluding hydrogens is 478 g/mol. The number of carbonyl (C=O) groups is 4. The van der Waals surface area contributed by atoms with Crippen LogP contribution < -0.4 is 20.7 Å². The Balaban J connectivity index is 1.93. The van der Waals surface area contributed by atoms with Crippen LogP contribution in [0, 0.1) is 6.92 Å². The van der Waals surface area contributed by atoms with Gasteiger partial charge in [-0.25, -0.2) is 9.69 Å². The van der Waals surface area contributed by atoms with Gasteiger partial charge in [-0.3, -0.25) is 19.7 Å². The number of anilines is 1. The molecule has 0 aliphatic carbocycles. The maximum Gasteiger partial charge on any atom is 0.335 e.